The van der Waals surface area contributed by atoms with Crippen molar-refractivity contribution in [2.24, 2.45) is 0 Å². The average Bonchev–Trinajstić information content (AvgIpc) is 3.11. The zero-order valence-electron chi connectivity index (χ0n) is 18.8. The highest BCUT2D eigenvalue weighted by Gasteiger charge is 2.38. The van der Waals surface area contributed by atoms with E-state index in [1.807, 2.05) is 60.7 Å². The highest BCUT2D eigenvalue weighted by molar-refractivity contribution is 5.68. The first kappa shape index (κ1) is 22.4. The van der Waals surface area contributed by atoms with Gasteiger partial charge < -0.3 is 14.8 Å². The van der Waals surface area contributed by atoms with Crippen LogP contribution in [-0.2, 0) is 4.74 Å². The molecule has 3 aromatic rings. The highest BCUT2D eigenvalue weighted by Crippen LogP contribution is 2.37. The van der Waals surface area contributed by atoms with Gasteiger partial charge in [-0.05, 0) is 31.9 Å². The van der Waals surface area contributed by atoms with Gasteiger partial charge in [-0.3, -0.25) is 14.3 Å². The fourth-order valence-electron chi connectivity index (χ4n) is 4.06. The van der Waals surface area contributed by atoms with Crippen LogP contribution < -0.4 is 21.3 Å². The lowest BCUT2D eigenvalue weighted by Crippen LogP contribution is -2.38. The third kappa shape index (κ3) is 5.16. The van der Waals surface area contributed by atoms with E-state index in [9.17, 15) is 14.4 Å². The van der Waals surface area contributed by atoms with Crippen molar-refractivity contribution in [1.82, 2.24) is 14.9 Å². The number of amides is 1. The predicted molar refractivity (Wildman–Crippen MR) is 123 cm³/mol. The van der Waals surface area contributed by atoms with E-state index in [-0.39, 0.29) is 5.88 Å². The zero-order chi connectivity index (χ0) is 23.6. The van der Waals surface area contributed by atoms with Crippen LogP contribution in [0, 0.1) is 0 Å². The van der Waals surface area contributed by atoms with Gasteiger partial charge in [0.25, 0.3) is 5.56 Å². The minimum atomic E-state index is -0.647. The van der Waals surface area contributed by atoms with Crippen molar-refractivity contribution in [3.8, 4) is 5.88 Å². The van der Waals surface area contributed by atoms with Crippen LogP contribution in [-0.4, -0.2) is 27.3 Å². The lowest BCUT2D eigenvalue weighted by Gasteiger charge is -2.27. The molecule has 33 heavy (non-hydrogen) atoms. The number of benzene rings is 2. The molecule has 1 aromatic heterocycles. The van der Waals surface area contributed by atoms with Crippen molar-refractivity contribution >= 4 is 6.09 Å². The molecule has 2 N–H and O–H groups in total. The van der Waals surface area contributed by atoms with Gasteiger partial charge >= 0.3 is 11.8 Å². The van der Waals surface area contributed by atoms with Gasteiger partial charge in [0.1, 0.15) is 17.7 Å². The molecule has 0 radical (unpaired) electrons. The minimum Gasteiger partial charge on any atom is -0.473 e. The van der Waals surface area contributed by atoms with Crippen molar-refractivity contribution < 1.29 is 14.3 Å². The van der Waals surface area contributed by atoms with E-state index in [0.717, 1.165) is 11.1 Å². The molecule has 2 heterocycles. The van der Waals surface area contributed by atoms with E-state index in [0.29, 0.717) is 6.42 Å². The molecule has 0 saturated heterocycles. The summed E-state index contributed by atoms with van der Waals surface area (Å²) in [5.74, 6) is 0.201. The summed E-state index contributed by atoms with van der Waals surface area (Å²) >= 11 is 0. The second-order valence-corrected chi connectivity index (χ2v) is 9.00. The Morgan fingerprint density at radius 3 is 2.36 bits per heavy atom. The number of carbonyl (C=O) groups is 1. The monoisotopic (exact) mass is 449 g/mol. The molecular weight excluding hydrogens is 422 g/mol. The molecule has 1 aliphatic rings. The first-order chi connectivity index (χ1) is 15.7. The lowest BCUT2D eigenvalue weighted by molar-refractivity contribution is 0.0487. The molecule has 0 bridgehead atoms. The number of hydrogen-bond acceptors (Lipinski definition) is 5. The number of fused-ring (bicyclic) bond motifs is 1. The Balaban J connectivity index is 1.70. The number of H-pyrrole nitrogens is 1. The number of aromatic amines is 1. The smallest absolute Gasteiger partial charge is 0.408 e. The molecule has 8 heteroatoms. The third-order valence-electron chi connectivity index (χ3n) is 5.35. The molecule has 0 fully saturated rings. The summed E-state index contributed by atoms with van der Waals surface area (Å²) in [5, 5.41) is 2.94. The molecule has 4 rings (SSSR count). The van der Waals surface area contributed by atoms with Crippen molar-refractivity contribution in [2.45, 2.75) is 51.0 Å². The summed E-state index contributed by atoms with van der Waals surface area (Å²) in [6.45, 7) is 5.40. The lowest BCUT2D eigenvalue weighted by atomic mass is 9.93. The molecule has 8 nitrogen and oxygen atoms in total. The van der Waals surface area contributed by atoms with E-state index in [4.69, 9.17) is 9.47 Å². The number of aromatic nitrogens is 2. The second kappa shape index (κ2) is 8.97. The fourth-order valence-corrected chi connectivity index (χ4v) is 4.06. The van der Waals surface area contributed by atoms with Crippen LogP contribution >= 0.6 is 0 Å². The molecule has 3 atom stereocenters. The topological polar surface area (TPSA) is 102 Å². The van der Waals surface area contributed by atoms with Gasteiger partial charge in [-0.2, -0.15) is 0 Å². The summed E-state index contributed by atoms with van der Waals surface area (Å²) in [7, 11) is 0. The number of ether oxygens (including phenoxy) is 2. The Labute approximate surface area is 191 Å². The minimum absolute atomic E-state index is 0.201. The van der Waals surface area contributed by atoms with Crippen molar-refractivity contribution in [1.29, 1.82) is 0 Å². The standard InChI is InChI=1S/C25H27N3O5/c1-25(2,3)33-24(31)26-18(16-10-6-4-7-11-16)14-19-22(17-12-8-5-9-13-17)28-21(32-19)15-20(29)27-23(28)30/h4-13,15,18-19,22H,14H2,1-3H3,(H,26,31)(H,27,29,30)/t18-,19?,22?/m1/s1. The molecule has 1 amide bonds. The molecular formula is C25H27N3O5. The van der Waals surface area contributed by atoms with Crippen LogP contribution in [0.25, 0.3) is 0 Å². The number of carbonyl (C=O) groups excluding carboxylic acids is 1. The maximum Gasteiger partial charge on any atom is 0.408 e. The predicted octanol–water partition coefficient (Wildman–Crippen LogP) is 3.54. The maximum absolute atomic E-state index is 12.7. The van der Waals surface area contributed by atoms with Gasteiger partial charge in [-0.1, -0.05) is 60.7 Å². The SMILES string of the molecule is CC(C)(C)OC(=O)N[C@H](CC1Oc2cc(=O)[nH]c(=O)n2C1c1ccccc1)c1ccccc1. The fraction of sp³-hybridized carbons (Fsp3) is 0.320. The molecule has 172 valence electrons. The largest absolute Gasteiger partial charge is 0.473 e. The Bertz CT molecular complexity index is 1230. The van der Waals surface area contributed by atoms with Crippen LogP contribution in [0.2, 0.25) is 0 Å². The third-order valence-corrected chi connectivity index (χ3v) is 5.35. The van der Waals surface area contributed by atoms with Gasteiger partial charge in [0.05, 0.1) is 12.1 Å². The Morgan fingerprint density at radius 2 is 1.73 bits per heavy atom. The summed E-state index contributed by atoms with van der Waals surface area (Å²) in [4.78, 5) is 39.5. The van der Waals surface area contributed by atoms with Gasteiger partial charge in [-0.15, -0.1) is 0 Å². The second-order valence-electron chi connectivity index (χ2n) is 9.00. The van der Waals surface area contributed by atoms with Crippen LogP contribution in [0.4, 0.5) is 4.79 Å². The Hall–Kier alpha value is -3.81. The first-order valence-corrected chi connectivity index (χ1v) is 10.8. The van der Waals surface area contributed by atoms with Crippen molar-refractivity contribution in [3.05, 3.63) is 98.7 Å². The van der Waals surface area contributed by atoms with Crippen LogP contribution in [0.3, 0.4) is 0 Å². The van der Waals surface area contributed by atoms with Gasteiger partial charge in [-0.25, -0.2) is 9.59 Å². The molecule has 2 aromatic carbocycles. The Kier molecular flexibility index (Phi) is 6.09. The normalized spacial score (nSPS) is 18.2. The van der Waals surface area contributed by atoms with E-state index in [1.54, 1.807) is 20.8 Å². The van der Waals surface area contributed by atoms with E-state index in [1.165, 1.54) is 10.6 Å². The number of nitrogens with zero attached hydrogens (tertiary/aromatic N) is 1. The van der Waals surface area contributed by atoms with Crippen LogP contribution in [0.15, 0.2) is 76.3 Å². The average molecular weight is 450 g/mol. The molecule has 0 spiro atoms. The number of rotatable bonds is 5. The molecule has 0 saturated carbocycles. The van der Waals surface area contributed by atoms with Gasteiger partial charge in [0.2, 0.25) is 5.88 Å². The number of hydrogen-bond donors (Lipinski definition) is 2. The number of alkyl carbamates (subject to hydrolysis) is 1. The first-order valence-electron chi connectivity index (χ1n) is 10.8. The van der Waals surface area contributed by atoms with Crippen molar-refractivity contribution in [2.75, 3.05) is 0 Å². The molecule has 0 aliphatic carbocycles. The van der Waals surface area contributed by atoms with Gasteiger partial charge in [0.15, 0.2) is 0 Å². The number of nitrogens with one attached hydrogen (secondary N) is 2. The summed E-state index contributed by atoms with van der Waals surface area (Å²) in [6.07, 6.45) is -0.719. The van der Waals surface area contributed by atoms with Crippen LogP contribution in [0.1, 0.15) is 50.4 Å². The molecule has 2 unspecified atom stereocenters. The molecule has 1 aliphatic heterocycles. The highest BCUT2D eigenvalue weighted by atomic mass is 16.6. The maximum atomic E-state index is 12.7. The zero-order valence-corrected chi connectivity index (χ0v) is 18.8. The Morgan fingerprint density at radius 1 is 1.09 bits per heavy atom. The van der Waals surface area contributed by atoms with Crippen LogP contribution in [0.5, 0.6) is 5.88 Å². The van der Waals surface area contributed by atoms with E-state index in [2.05, 4.69) is 10.3 Å². The summed E-state index contributed by atoms with van der Waals surface area (Å²) in [5.41, 5.74) is 0.0270. The van der Waals surface area contributed by atoms with Gasteiger partial charge in [0, 0.05) is 6.42 Å². The summed E-state index contributed by atoms with van der Waals surface area (Å²) in [6, 6.07) is 19.3. The van der Waals surface area contributed by atoms with Crippen molar-refractivity contribution in [3.63, 3.8) is 0 Å². The van der Waals surface area contributed by atoms with E-state index < -0.39 is 41.1 Å². The summed E-state index contributed by atoms with van der Waals surface area (Å²) < 4.78 is 13.0. The quantitative estimate of drug-likeness (QED) is 0.620. The van der Waals surface area contributed by atoms with E-state index >= 15 is 0 Å².